The molecule has 0 spiro atoms. The van der Waals surface area contributed by atoms with E-state index in [1.165, 1.54) is 25.1 Å². The third-order valence-corrected chi connectivity index (χ3v) is 4.20. The highest BCUT2D eigenvalue weighted by atomic mass is 16.1. The van der Waals surface area contributed by atoms with Crippen LogP contribution >= 0.6 is 0 Å². The number of nitrogens with zero attached hydrogens (tertiary/aromatic N) is 2. The van der Waals surface area contributed by atoms with Crippen LogP contribution in [-0.4, -0.2) is 36.2 Å². The molecule has 4 nitrogen and oxygen atoms in total. The molecule has 1 aromatic rings. The molecule has 1 atom stereocenters. The van der Waals surface area contributed by atoms with Crippen molar-refractivity contribution in [2.45, 2.75) is 46.1 Å². The summed E-state index contributed by atoms with van der Waals surface area (Å²) in [7, 11) is 0. The second-order valence-electron chi connectivity index (χ2n) is 5.76. The van der Waals surface area contributed by atoms with Crippen molar-refractivity contribution in [3.63, 3.8) is 0 Å². The predicted octanol–water partition coefficient (Wildman–Crippen LogP) is 3.53. The minimum atomic E-state index is 0.658. The lowest BCUT2D eigenvalue weighted by Crippen LogP contribution is -2.32. The molecule has 1 unspecified atom stereocenters. The number of rotatable bonds is 6. The second-order valence-corrected chi connectivity index (χ2v) is 5.76. The van der Waals surface area contributed by atoms with E-state index < -0.39 is 0 Å². The van der Waals surface area contributed by atoms with Gasteiger partial charge in [-0.25, -0.2) is 0 Å². The smallest absolute Gasteiger partial charge is 0.211 e. The predicted molar refractivity (Wildman–Crippen MR) is 88.5 cm³/mol. The van der Waals surface area contributed by atoms with Crippen LogP contribution < -0.4 is 5.32 Å². The molecule has 114 valence electrons. The minimum Gasteiger partial charge on any atom is -0.329 e. The summed E-state index contributed by atoms with van der Waals surface area (Å²) in [6.07, 6.45) is 4.23. The SMILES string of the molecule is CCC(CN1CCCC1C)=Nc1cc(NC=O)ccc1C. The fourth-order valence-corrected chi connectivity index (χ4v) is 2.75. The Morgan fingerprint density at radius 2 is 2.33 bits per heavy atom. The number of anilines is 1. The van der Waals surface area contributed by atoms with Gasteiger partial charge in [0, 0.05) is 24.0 Å². The fraction of sp³-hybridized carbons (Fsp3) is 0.529. The lowest BCUT2D eigenvalue weighted by atomic mass is 10.1. The van der Waals surface area contributed by atoms with Crippen LogP contribution in [0.5, 0.6) is 0 Å². The molecule has 1 saturated heterocycles. The van der Waals surface area contributed by atoms with Crippen LogP contribution in [0.1, 0.15) is 38.7 Å². The summed E-state index contributed by atoms with van der Waals surface area (Å²) < 4.78 is 0. The maximum atomic E-state index is 10.6. The molecule has 1 aromatic carbocycles. The Morgan fingerprint density at radius 3 is 2.95 bits per heavy atom. The molecule has 1 heterocycles. The maximum absolute atomic E-state index is 10.6. The van der Waals surface area contributed by atoms with E-state index in [1.54, 1.807) is 0 Å². The van der Waals surface area contributed by atoms with Gasteiger partial charge < -0.3 is 5.32 Å². The van der Waals surface area contributed by atoms with Gasteiger partial charge in [-0.2, -0.15) is 0 Å². The molecule has 0 bridgehead atoms. The number of carbonyl (C=O) groups is 1. The van der Waals surface area contributed by atoms with Gasteiger partial charge in [0.15, 0.2) is 0 Å². The number of likely N-dealkylation sites (tertiary alicyclic amines) is 1. The van der Waals surface area contributed by atoms with Crippen LogP contribution in [0.2, 0.25) is 0 Å². The lowest BCUT2D eigenvalue weighted by molar-refractivity contribution is -0.105. The van der Waals surface area contributed by atoms with Crippen molar-refractivity contribution >= 4 is 23.5 Å². The topological polar surface area (TPSA) is 44.7 Å². The van der Waals surface area contributed by atoms with E-state index >= 15 is 0 Å². The third-order valence-electron chi connectivity index (χ3n) is 4.20. The molecular formula is C17H25N3O. The first kappa shape index (κ1) is 15.7. The number of carbonyl (C=O) groups excluding carboxylic acids is 1. The fourth-order valence-electron chi connectivity index (χ4n) is 2.75. The molecule has 1 amide bonds. The molecule has 0 radical (unpaired) electrons. The van der Waals surface area contributed by atoms with E-state index in [1.807, 2.05) is 18.2 Å². The van der Waals surface area contributed by atoms with Crippen molar-refractivity contribution in [2.24, 2.45) is 4.99 Å². The normalized spacial score (nSPS) is 19.8. The Kier molecular flexibility index (Phi) is 5.51. The van der Waals surface area contributed by atoms with Crippen molar-refractivity contribution in [2.75, 3.05) is 18.4 Å². The first-order valence-electron chi connectivity index (χ1n) is 7.75. The van der Waals surface area contributed by atoms with Crippen molar-refractivity contribution in [1.29, 1.82) is 0 Å². The molecule has 0 saturated carbocycles. The second kappa shape index (κ2) is 7.36. The Balaban J connectivity index is 2.18. The molecule has 1 N–H and O–H groups in total. The highest BCUT2D eigenvalue weighted by Crippen LogP contribution is 2.24. The van der Waals surface area contributed by atoms with Gasteiger partial charge in [-0.05, 0) is 57.4 Å². The molecule has 4 heteroatoms. The van der Waals surface area contributed by atoms with Gasteiger partial charge in [0.25, 0.3) is 0 Å². The van der Waals surface area contributed by atoms with Crippen molar-refractivity contribution in [3.05, 3.63) is 23.8 Å². The van der Waals surface area contributed by atoms with E-state index in [9.17, 15) is 4.79 Å². The Morgan fingerprint density at radius 1 is 1.52 bits per heavy atom. The Labute approximate surface area is 127 Å². The van der Waals surface area contributed by atoms with Gasteiger partial charge >= 0.3 is 0 Å². The Bertz CT molecular complexity index is 525. The molecule has 1 aliphatic rings. The Hall–Kier alpha value is -1.68. The summed E-state index contributed by atoms with van der Waals surface area (Å²) in [4.78, 5) is 17.9. The van der Waals surface area contributed by atoms with Gasteiger partial charge in [0.05, 0.1) is 5.69 Å². The van der Waals surface area contributed by atoms with Crippen LogP contribution in [-0.2, 0) is 4.79 Å². The first-order chi connectivity index (χ1) is 10.1. The molecule has 0 aliphatic carbocycles. The number of hydrogen-bond acceptors (Lipinski definition) is 3. The van der Waals surface area contributed by atoms with Gasteiger partial charge in [-0.1, -0.05) is 13.0 Å². The van der Waals surface area contributed by atoms with E-state index in [-0.39, 0.29) is 0 Å². The minimum absolute atomic E-state index is 0.658. The van der Waals surface area contributed by atoms with E-state index in [2.05, 4.69) is 31.0 Å². The van der Waals surface area contributed by atoms with Crippen LogP contribution in [0.15, 0.2) is 23.2 Å². The average Bonchev–Trinajstić information content (AvgIpc) is 2.87. The molecule has 1 fully saturated rings. The monoisotopic (exact) mass is 287 g/mol. The molecule has 1 aliphatic heterocycles. The van der Waals surface area contributed by atoms with Crippen LogP contribution in [0.3, 0.4) is 0 Å². The summed E-state index contributed by atoms with van der Waals surface area (Å²) in [5.41, 5.74) is 4.08. The molecule has 21 heavy (non-hydrogen) atoms. The summed E-state index contributed by atoms with van der Waals surface area (Å²) in [6.45, 7) is 8.62. The summed E-state index contributed by atoms with van der Waals surface area (Å²) >= 11 is 0. The highest BCUT2D eigenvalue weighted by molar-refractivity contribution is 5.89. The zero-order chi connectivity index (χ0) is 15.2. The van der Waals surface area contributed by atoms with Crippen molar-refractivity contribution < 1.29 is 4.79 Å². The van der Waals surface area contributed by atoms with E-state index in [0.29, 0.717) is 12.5 Å². The number of benzene rings is 1. The molecule has 0 aromatic heterocycles. The molecule has 2 rings (SSSR count). The summed E-state index contributed by atoms with van der Waals surface area (Å²) in [6, 6.07) is 6.49. The van der Waals surface area contributed by atoms with Crippen LogP contribution in [0, 0.1) is 6.92 Å². The quantitative estimate of drug-likeness (QED) is 0.642. The van der Waals surface area contributed by atoms with Crippen molar-refractivity contribution in [3.8, 4) is 0 Å². The van der Waals surface area contributed by atoms with Crippen LogP contribution in [0.25, 0.3) is 0 Å². The van der Waals surface area contributed by atoms with Crippen molar-refractivity contribution in [1.82, 2.24) is 4.90 Å². The average molecular weight is 287 g/mol. The largest absolute Gasteiger partial charge is 0.329 e. The number of hydrogen-bond donors (Lipinski definition) is 1. The maximum Gasteiger partial charge on any atom is 0.211 e. The number of amides is 1. The zero-order valence-electron chi connectivity index (χ0n) is 13.2. The zero-order valence-corrected chi connectivity index (χ0v) is 13.2. The van der Waals surface area contributed by atoms with E-state index in [0.717, 1.165) is 29.9 Å². The molecular weight excluding hydrogens is 262 g/mol. The van der Waals surface area contributed by atoms with Gasteiger partial charge in [0.1, 0.15) is 0 Å². The van der Waals surface area contributed by atoms with Crippen LogP contribution in [0.4, 0.5) is 11.4 Å². The standard InChI is InChI=1S/C17H25N3O/c1-4-15(11-20-9-5-6-14(20)3)19-17-10-16(18-12-21)8-7-13(17)2/h7-8,10,12,14H,4-6,9,11H2,1-3H3,(H,18,21). The van der Waals surface area contributed by atoms with Gasteiger partial charge in [-0.15, -0.1) is 0 Å². The lowest BCUT2D eigenvalue weighted by Gasteiger charge is -2.21. The summed E-state index contributed by atoms with van der Waals surface area (Å²) in [5, 5.41) is 2.69. The summed E-state index contributed by atoms with van der Waals surface area (Å²) in [5.74, 6) is 0. The third kappa shape index (κ3) is 4.14. The number of nitrogens with one attached hydrogen (secondary N) is 1. The highest BCUT2D eigenvalue weighted by Gasteiger charge is 2.20. The number of aryl methyl sites for hydroxylation is 1. The first-order valence-corrected chi connectivity index (χ1v) is 7.75. The number of aliphatic imine (C=N–C) groups is 1. The van der Waals surface area contributed by atoms with Gasteiger partial charge in [-0.3, -0.25) is 14.7 Å². The van der Waals surface area contributed by atoms with Gasteiger partial charge in [0.2, 0.25) is 6.41 Å². The van der Waals surface area contributed by atoms with E-state index in [4.69, 9.17) is 4.99 Å².